The van der Waals surface area contributed by atoms with Gasteiger partial charge in [0.25, 0.3) is 5.91 Å². The van der Waals surface area contributed by atoms with Crippen molar-refractivity contribution in [3.8, 4) is 0 Å². The van der Waals surface area contributed by atoms with Crippen molar-refractivity contribution in [1.29, 1.82) is 0 Å². The molecule has 0 unspecified atom stereocenters. The summed E-state index contributed by atoms with van der Waals surface area (Å²) in [7, 11) is 0. The Bertz CT molecular complexity index is 860. The molecule has 5 heteroatoms. The van der Waals surface area contributed by atoms with Crippen molar-refractivity contribution in [2.24, 2.45) is 10.2 Å². The Labute approximate surface area is 126 Å². The molecule has 2 atom stereocenters. The van der Waals surface area contributed by atoms with Crippen LogP contribution in [0.2, 0.25) is 0 Å². The molecule has 1 amide bonds. The number of fused-ring (bicyclic) bond motifs is 3. The van der Waals surface area contributed by atoms with Gasteiger partial charge in [-0.25, -0.2) is 0 Å². The molecule has 22 heavy (non-hydrogen) atoms. The lowest BCUT2D eigenvalue weighted by atomic mass is 10.1. The molecule has 5 nitrogen and oxygen atoms in total. The van der Waals surface area contributed by atoms with Gasteiger partial charge >= 0.3 is 0 Å². The second kappa shape index (κ2) is 4.01. The number of benzene rings is 1. The number of amides is 1. The predicted octanol–water partition coefficient (Wildman–Crippen LogP) is 2.08. The van der Waals surface area contributed by atoms with Crippen molar-refractivity contribution >= 4 is 5.91 Å². The topological polar surface area (TPSA) is 74.0 Å². The SMILES string of the molecule is O=C(N[C@H]1c2ccccc2C[C@H]1O)C1=C2C=C3CC3=C2N=N1. The lowest BCUT2D eigenvalue weighted by Crippen LogP contribution is -2.34. The number of azo groups is 1. The van der Waals surface area contributed by atoms with E-state index in [9.17, 15) is 9.90 Å². The minimum atomic E-state index is -0.599. The van der Waals surface area contributed by atoms with E-state index >= 15 is 0 Å². The molecule has 0 saturated heterocycles. The summed E-state index contributed by atoms with van der Waals surface area (Å²) in [5.74, 6) is -0.270. The lowest BCUT2D eigenvalue weighted by Gasteiger charge is -2.17. The Hall–Kier alpha value is -2.53. The molecule has 0 radical (unpaired) electrons. The van der Waals surface area contributed by atoms with Crippen LogP contribution in [-0.4, -0.2) is 17.1 Å². The Kier molecular flexibility index (Phi) is 2.20. The Morgan fingerprint density at radius 2 is 2.14 bits per heavy atom. The smallest absolute Gasteiger partial charge is 0.273 e. The molecule has 1 aliphatic heterocycles. The van der Waals surface area contributed by atoms with Gasteiger partial charge in [0.05, 0.1) is 17.8 Å². The minimum Gasteiger partial charge on any atom is -0.390 e. The molecule has 1 aromatic rings. The van der Waals surface area contributed by atoms with Crippen LogP contribution < -0.4 is 5.32 Å². The molecule has 3 aliphatic carbocycles. The zero-order valence-electron chi connectivity index (χ0n) is 11.7. The summed E-state index contributed by atoms with van der Waals surface area (Å²) in [6.07, 6.45) is 2.94. The first-order valence-electron chi connectivity index (χ1n) is 7.39. The molecule has 0 bridgehead atoms. The molecule has 5 rings (SSSR count). The normalized spacial score (nSPS) is 26.9. The van der Waals surface area contributed by atoms with Gasteiger partial charge in [-0.15, -0.1) is 10.2 Å². The van der Waals surface area contributed by atoms with Gasteiger partial charge in [0.2, 0.25) is 0 Å². The summed E-state index contributed by atoms with van der Waals surface area (Å²) < 4.78 is 0. The summed E-state index contributed by atoms with van der Waals surface area (Å²) in [5.41, 5.74) is 6.59. The first kappa shape index (κ1) is 12.1. The van der Waals surface area contributed by atoms with Crippen molar-refractivity contribution < 1.29 is 9.90 Å². The monoisotopic (exact) mass is 291 g/mol. The average Bonchev–Trinajstić information content (AvgIpc) is 2.87. The van der Waals surface area contributed by atoms with Gasteiger partial charge in [-0.3, -0.25) is 4.79 Å². The largest absolute Gasteiger partial charge is 0.390 e. The van der Waals surface area contributed by atoms with E-state index < -0.39 is 6.10 Å². The number of nitrogens with zero attached hydrogens (tertiary/aromatic N) is 2. The summed E-state index contributed by atoms with van der Waals surface area (Å²) in [6, 6.07) is 7.42. The van der Waals surface area contributed by atoms with Gasteiger partial charge < -0.3 is 10.4 Å². The number of carbonyl (C=O) groups is 1. The number of carbonyl (C=O) groups excluding carboxylic acids is 1. The molecule has 108 valence electrons. The van der Waals surface area contributed by atoms with Gasteiger partial charge in [0.15, 0.2) is 5.70 Å². The highest BCUT2D eigenvalue weighted by Crippen LogP contribution is 2.51. The van der Waals surface area contributed by atoms with Gasteiger partial charge in [-0.05, 0) is 28.3 Å². The van der Waals surface area contributed by atoms with Crippen molar-refractivity contribution in [3.05, 3.63) is 69.6 Å². The molecule has 1 aromatic carbocycles. The Balaban J connectivity index is 1.45. The van der Waals surface area contributed by atoms with Crippen LogP contribution in [0.15, 0.2) is 68.7 Å². The van der Waals surface area contributed by atoms with Crippen molar-refractivity contribution in [2.45, 2.75) is 25.0 Å². The van der Waals surface area contributed by atoms with Crippen LogP contribution in [0.5, 0.6) is 0 Å². The second-order valence-electron chi connectivity index (χ2n) is 6.06. The first-order valence-corrected chi connectivity index (χ1v) is 7.39. The van der Waals surface area contributed by atoms with Crippen LogP contribution in [-0.2, 0) is 11.2 Å². The third-order valence-corrected chi connectivity index (χ3v) is 4.70. The average molecular weight is 291 g/mol. The molecule has 1 saturated carbocycles. The van der Waals surface area contributed by atoms with Gasteiger partial charge in [0, 0.05) is 18.4 Å². The summed E-state index contributed by atoms with van der Waals surface area (Å²) in [6.45, 7) is 0. The number of aliphatic hydroxyl groups excluding tert-OH is 1. The number of nitrogens with one attached hydrogen (secondary N) is 1. The van der Waals surface area contributed by atoms with Crippen LogP contribution in [0.1, 0.15) is 23.6 Å². The van der Waals surface area contributed by atoms with Crippen LogP contribution >= 0.6 is 0 Å². The highest BCUT2D eigenvalue weighted by atomic mass is 16.3. The number of allylic oxidation sites excluding steroid dienone is 3. The summed E-state index contributed by atoms with van der Waals surface area (Å²) in [5, 5.41) is 21.3. The van der Waals surface area contributed by atoms with Crippen LogP contribution in [0, 0.1) is 0 Å². The lowest BCUT2D eigenvalue weighted by molar-refractivity contribution is -0.119. The fraction of sp³-hybridized carbons (Fsp3) is 0.235. The highest BCUT2D eigenvalue weighted by molar-refractivity contribution is 5.97. The predicted molar refractivity (Wildman–Crippen MR) is 78.6 cm³/mol. The quantitative estimate of drug-likeness (QED) is 0.875. The zero-order valence-corrected chi connectivity index (χ0v) is 11.7. The number of rotatable bonds is 2. The van der Waals surface area contributed by atoms with Crippen LogP contribution in [0.25, 0.3) is 0 Å². The molecule has 1 fully saturated rings. The van der Waals surface area contributed by atoms with E-state index in [2.05, 4.69) is 15.5 Å². The maximum absolute atomic E-state index is 12.5. The van der Waals surface area contributed by atoms with E-state index in [-0.39, 0.29) is 11.9 Å². The van der Waals surface area contributed by atoms with Gasteiger partial charge in [0.1, 0.15) is 0 Å². The molecular formula is C17H13N3O2. The van der Waals surface area contributed by atoms with Crippen molar-refractivity contribution in [2.75, 3.05) is 0 Å². The first-order chi connectivity index (χ1) is 10.7. The van der Waals surface area contributed by atoms with Crippen molar-refractivity contribution in [1.82, 2.24) is 5.32 Å². The Morgan fingerprint density at radius 1 is 1.27 bits per heavy atom. The molecule has 0 aromatic heterocycles. The number of aliphatic hydroxyl groups is 1. The van der Waals surface area contributed by atoms with Crippen molar-refractivity contribution in [3.63, 3.8) is 0 Å². The number of hydrogen-bond acceptors (Lipinski definition) is 4. The van der Waals surface area contributed by atoms with Crippen LogP contribution in [0.3, 0.4) is 0 Å². The van der Waals surface area contributed by atoms with Gasteiger partial charge in [-0.2, -0.15) is 0 Å². The van der Waals surface area contributed by atoms with E-state index in [4.69, 9.17) is 0 Å². The fourth-order valence-corrected chi connectivity index (χ4v) is 3.50. The third kappa shape index (κ3) is 1.54. The molecule has 1 heterocycles. The zero-order chi connectivity index (χ0) is 14.8. The fourth-order valence-electron chi connectivity index (χ4n) is 3.50. The summed E-state index contributed by atoms with van der Waals surface area (Å²) >= 11 is 0. The van der Waals surface area contributed by atoms with E-state index in [0.717, 1.165) is 28.8 Å². The molecule has 0 spiro atoms. The van der Waals surface area contributed by atoms with Crippen LogP contribution in [0.4, 0.5) is 0 Å². The third-order valence-electron chi connectivity index (χ3n) is 4.70. The number of hydrogen-bond donors (Lipinski definition) is 2. The van der Waals surface area contributed by atoms with E-state index in [0.29, 0.717) is 12.1 Å². The molecule has 2 N–H and O–H groups in total. The summed E-state index contributed by atoms with van der Waals surface area (Å²) in [4.78, 5) is 12.5. The molecular weight excluding hydrogens is 278 g/mol. The van der Waals surface area contributed by atoms with E-state index in [1.54, 1.807) is 0 Å². The standard InChI is InChI=1S/C17H13N3O2/c21-13-7-8-3-1-2-4-10(8)15(13)18-17(22)16-12-6-9-5-11(9)14(12)19-20-16/h1-4,6,13,15,21H,5,7H2,(H,18,22)/t13-,15+/m1/s1. The Morgan fingerprint density at radius 3 is 3.05 bits per heavy atom. The highest BCUT2D eigenvalue weighted by Gasteiger charge is 2.39. The van der Waals surface area contributed by atoms with E-state index in [1.165, 1.54) is 11.1 Å². The molecule has 4 aliphatic rings. The maximum atomic E-state index is 12.5. The minimum absolute atomic E-state index is 0.270. The van der Waals surface area contributed by atoms with Gasteiger partial charge in [-0.1, -0.05) is 24.3 Å². The maximum Gasteiger partial charge on any atom is 0.273 e. The second-order valence-corrected chi connectivity index (χ2v) is 6.06. The van der Waals surface area contributed by atoms with E-state index in [1.807, 2.05) is 30.3 Å².